The van der Waals surface area contributed by atoms with Gasteiger partial charge in [-0.2, -0.15) is 0 Å². The van der Waals surface area contributed by atoms with E-state index in [1.165, 1.54) is 16.7 Å². The van der Waals surface area contributed by atoms with Crippen LogP contribution < -0.4 is 19.8 Å². The number of carbonyl (C=O) groups is 4. The molecule has 0 saturated carbocycles. The van der Waals surface area contributed by atoms with Crippen LogP contribution >= 0.6 is 39.0 Å². The first-order valence-electron chi connectivity index (χ1n) is 13.6. The quantitative estimate of drug-likeness (QED) is 0.190. The van der Waals surface area contributed by atoms with Crippen molar-refractivity contribution >= 4 is 74.1 Å². The number of benzene rings is 3. The predicted molar refractivity (Wildman–Crippen MR) is 170 cm³/mol. The molecule has 3 aromatic carbocycles. The molecule has 0 bridgehead atoms. The first kappa shape index (κ1) is 29.9. The molecule has 0 radical (unpaired) electrons. The molecule has 6 rings (SSSR count). The van der Waals surface area contributed by atoms with E-state index < -0.39 is 29.0 Å². The number of anilines is 2. The number of aromatic nitrogens is 1. The third-order valence-corrected chi connectivity index (χ3v) is 10.1. The van der Waals surface area contributed by atoms with Crippen LogP contribution in [0, 0.1) is 5.92 Å². The van der Waals surface area contributed by atoms with Crippen molar-refractivity contribution in [2.75, 3.05) is 23.4 Å². The Bertz CT molecular complexity index is 1820. The van der Waals surface area contributed by atoms with Crippen molar-refractivity contribution in [3.8, 4) is 5.75 Å². The zero-order valence-electron chi connectivity index (χ0n) is 23.1. The summed E-state index contributed by atoms with van der Waals surface area (Å²) in [6.45, 7) is 1.62. The lowest BCUT2D eigenvalue weighted by molar-refractivity contribution is -0.122. The van der Waals surface area contributed by atoms with Crippen molar-refractivity contribution in [3.63, 3.8) is 0 Å². The van der Waals surface area contributed by atoms with E-state index in [4.69, 9.17) is 9.47 Å². The van der Waals surface area contributed by atoms with Gasteiger partial charge in [-0.05, 0) is 61.5 Å². The highest BCUT2D eigenvalue weighted by atomic mass is 79.9. The number of halogens is 1. The molecule has 2 N–H and O–H groups in total. The van der Waals surface area contributed by atoms with Crippen LogP contribution in [0.25, 0.3) is 0 Å². The standard InChI is InChI=1S/C31H24BrN3O7S2/c1-2-41-30(39)16-8-11-18(12-9-16)33-22(36)15-42-21-13-10-17(32)14-20(21)23-24-26(43-27-25(23)44-31(40)34-27)29(38)35(28(24)37)19-6-4-3-5-7-19/h3-14,23-24,26H,2,15H2,1H3,(H,33,36)(H,34,40)/t23-,24-,26+/m0/s1. The summed E-state index contributed by atoms with van der Waals surface area (Å²) in [5.41, 5.74) is 1.87. The number of nitrogens with one attached hydrogen (secondary N) is 2. The molecule has 3 atom stereocenters. The molecule has 0 unspecified atom stereocenters. The topological polar surface area (TPSA) is 135 Å². The van der Waals surface area contributed by atoms with E-state index in [-0.39, 0.29) is 29.9 Å². The van der Waals surface area contributed by atoms with Crippen LogP contribution in [0.3, 0.4) is 0 Å². The number of imide groups is 1. The molecule has 1 saturated heterocycles. The maximum absolute atomic E-state index is 14.0. The van der Waals surface area contributed by atoms with Gasteiger partial charge >= 0.3 is 10.8 Å². The number of para-hydroxylation sites is 1. The van der Waals surface area contributed by atoms with Gasteiger partial charge in [0.1, 0.15) is 11.0 Å². The van der Waals surface area contributed by atoms with E-state index in [9.17, 15) is 24.0 Å². The van der Waals surface area contributed by atoms with Crippen LogP contribution in [0.15, 0.2) is 87.1 Å². The molecule has 224 valence electrons. The average Bonchev–Trinajstić information content (AvgIpc) is 3.51. The number of thioether (sulfide) groups is 1. The van der Waals surface area contributed by atoms with Gasteiger partial charge in [0.2, 0.25) is 11.8 Å². The predicted octanol–water partition coefficient (Wildman–Crippen LogP) is 5.19. The third kappa shape index (κ3) is 5.70. The number of rotatable bonds is 8. The number of carbonyl (C=O) groups excluding carboxylic acids is 4. The lowest BCUT2D eigenvalue weighted by Crippen LogP contribution is -2.32. The van der Waals surface area contributed by atoms with Crippen molar-refractivity contribution in [2.45, 2.75) is 23.1 Å². The van der Waals surface area contributed by atoms with E-state index in [1.54, 1.807) is 79.7 Å². The van der Waals surface area contributed by atoms with Crippen LogP contribution in [0.2, 0.25) is 0 Å². The Kier molecular flexibility index (Phi) is 8.43. The number of nitrogens with zero attached hydrogens (tertiary/aromatic N) is 1. The van der Waals surface area contributed by atoms with Gasteiger partial charge in [0.15, 0.2) is 6.61 Å². The summed E-state index contributed by atoms with van der Waals surface area (Å²) in [5.74, 6) is -2.79. The zero-order chi connectivity index (χ0) is 31.0. The molecule has 0 aliphatic carbocycles. The molecule has 1 fully saturated rings. The fraction of sp³-hybridized carbons (Fsp3) is 0.194. The molecule has 44 heavy (non-hydrogen) atoms. The van der Waals surface area contributed by atoms with Gasteiger partial charge in [-0.1, -0.05) is 57.2 Å². The van der Waals surface area contributed by atoms with E-state index in [0.717, 1.165) is 11.3 Å². The Balaban J connectivity index is 1.28. The minimum atomic E-state index is -0.810. The molecule has 3 amide bonds. The highest BCUT2D eigenvalue weighted by molar-refractivity contribution is 9.10. The van der Waals surface area contributed by atoms with Gasteiger partial charge in [-0.15, -0.1) is 0 Å². The van der Waals surface area contributed by atoms with Crippen LogP contribution in [-0.4, -0.2) is 47.1 Å². The van der Waals surface area contributed by atoms with Gasteiger partial charge in [0, 0.05) is 26.5 Å². The Labute approximate surface area is 267 Å². The smallest absolute Gasteiger partial charge is 0.338 e. The number of H-pyrrole nitrogens is 1. The number of amides is 3. The van der Waals surface area contributed by atoms with Gasteiger partial charge in [-0.3, -0.25) is 19.2 Å². The number of hydrogen-bond donors (Lipinski definition) is 2. The maximum atomic E-state index is 14.0. The lowest BCUT2D eigenvalue weighted by atomic mass is 9.82. The largest absolute Gasteiger partial charge is 0.483 e. The monoisotopic (exact) mass is 693 g/mol. The summed E-state index contributed by atoms with van der Waals surface area (Å²) in [5, 5.41) is 2.51. The molecule has 4 aromatic rings. The van der Waals surface area contributed by atoms with Crippen LogP contribution in [0.1, 0.15) is 33.6 Å². The van der Waals surface area contributed by atoms with Gasteiger partial charge in [0.25, 0.3) is 5.91 Å². The molecule has 3 heterocycles. The van der Waals surface area contributed by atoms with Gasteiger partial charge in [-0.25, -0.2) is 9.69 Å². The second-order valence-electron chi connectivity index (χ2n) is 9.91. The number of ether oxygens (including phenoxy) is 2. The molecule has 1 aromatic heterocycles. The molecular weight excluding hydrogens is 670 g/mol. The number of thiazole rings is 1. The summed E-state index contributed by atoms with van der Waals surface area (Å²) in [6, 6.07) is 20.3. The zero-order valence-corrected chi connectivity index (χ0v) is 26.3. The SMILES string of the molecule is CCOC(=O)c1ccc(NC(=O)COc2ccc(Br)cc2[C@@H]2c3sc(=O)[nH]c3S[C@H]3C(=O)N(c4ccccc4)C(=O)[C@@H]23)cc1. The summed E-state index contributed by atoms with van der Waals surface area (Å²) in [4.78, 5) is 69.2. The van der Waals surface area contributed by atoms with Gasteiger partial charge < -0.3 is 19.8 Å². The average molecular weight is 695 g/mol. The summed E-state index contributed by atoms with van der Waals surface area (Å²) in [6.07, 6.45) is 0. The summed E-state index contributed by atoms with van der Waals surface area (Å²) < 4.78 is 11.7. The first-order chi connectivity index (χ1) is 21.2. The molecule has 2 aliphatic heterocycles. The summed E-state index contributed by atoms with van der Waals surface area (Å²) >= 11 is 5.69. The van der Waals surface area contributed by atoms with E-state index in [2.05, 4.69) is 26.2 Å². The normalized spacial score (nSPS) is 18.9. The molecule has 2 aliphatic rings. The molecule has 13 heteroatoms. The second kappa shape index (κ2) is 12.4. The van der Waals surface area contributed by atoms with E-state index >= 15 is 0 Å². The number of esters is 1. The minimum absolute atomic E-state index is 0.258. The Morgan fingerprint density at radius 1 is 1.00 bits per heavy atom. The molecule has 10 nitrogen and oxygen atoms in total. The first-order valence-corrected chi connectivity index (χ1v) is 16.1. The Morgan fingerprint density at radius 3 is 2.48 bits per heavy atom. The van der Waals surface area contributed by atoms with Crippen LogP contribution in [-0.2, 0) is 19.1 Å². The van der Waals surface area contributed by atoms with Crippen molar-refractivity contribution in [2.24, 2.45) is 5.92 Å². The van der Waals surface area contributed by atoms with E-state index in [1.807, 2.05) is 0 Å². The van der Waals surface area contributed by atoms with Crippen molar-refractivity contribution in [1.29, 1.82) is 0 Å². The van der Waals surface area contributed by atoms with Crippen molar-refractivity contribution in [3.05, 3.63) is 103 Å². The Hall–Kier alpha value is -4.20. The van der Waals surface area contributed by atoms with Crippen molar-refractivity contribution in [1.82, 2.24) is 4.98 Å². The lowest BCUT2D eigenvalue weighted by Gasteiger charge is -2.31. The van der Waals surface area contributed by atoms with Crippen LogP contribution in [0.4, 0.5) is 11.4 Å². The molecular formula is C31H24BrN3O7S2. The number of fused-ring (bicyclic) bond motifs is 2. The van der Waals surface area contributed by atoms with E-state index in [0.29, 0.717) is 42.6 Å². The summed E-state index contributed by atoms with van der Waals surface area (Å²) in [7, 11) is 0. The highest BCUT2D eigenvalue weighted by Crippen LogP contribution is 2.54. The number of aromatic amines is 1. The van der Waals surface area contributed by atoms with Crippen LogP contribution in [0.5, 0.6) is 5.75 Å². The fourth-order valence-electron chi connectivity index (χ4n) is 5.32. The third-order valence-electron chi connectivity index (χ3n) is 7.18. The highest BCUT2D eigenvalue weighted by Gasteiger charge is 2.56. The number of hydrogen-bond acceptors (Lipinski definition) is 9. The molecule has 0 spiro atoms. The fourth-order valence-corrected chi connectivity index (χ4v) is 8.21. The second-order valence-corrected chi connectivity index (χ2v) is 13.0. The van der Waals surface area contributed by atoms with Crippen molar-refractivity contribution < 1.29 is 28.7 Å². The minimum Gasteiger partial charge on any atom is -0.483 e. The Morgan fingerprint density at radius 2 is 1.75 bits per heavy atom. The maximum Gasteiger partial charge on any atom is 0.338 e. The van der Waals surface area contributed by atoms with Gasteiger partial charge in [0.05, 0.1) is 28.8 Å².